The maximum absolute atomic E-state index is 13.7. The molecule has 0 radical (unpaired) electrons. The molecule has 1 amide bonds. The molecule has 106 valence electrons. The smallest absolute Gasteiger partial charge is 0.224 e. The van der Waals surface area contributed by atoms with Crippen molar-refractivity contribution in [3.8, 4) is 11.8 Å². The fourth-order valence-corrected chi connectivity index (χ4v) is 3.22. The minimum Gasteiger partial charge on any atom is -0.384 e. The summed E-state index contributed by atoms with van der Waals surface area (Å²) in [6.45, 7) is -0.0662. The van der Waals surface area contributed by atoms with Gasteiger partial charge in [-0.3, -0.25) is 4.79 Å². The Hall–Kier alpha value is -1.51. The number of rotatable bonds is 3. The lowest BCUT2D eigenvalue weighted by atomic mass is 10.1. The Balaban J connectivity index is 1.99. The van der Waals surface area contributed by atoms with E-state index in [-0.39, 0.29) is 30.8 Å². The molecule has 1 aromatic rings. The van der Waals surface area contributed by atoms with Gasteiger partial charge in [0.1, 0.15) is 12.4 Å². The first kappa shape index (κ1) is 14.9. The normalized spacial score (nSPS) is 17.4. The summed E-state index contributed by atoms with van der Waals surface area (Å²) in [5, 5.41) is 11.4. The largest absolute Gasteiger partial charge is 0.384 e. The van der Waals surface area contributed by atoms with Crippen LogP contribution in [0.15, 0.2) is 18.2 Å². The molecule has 0 aromatic heterocycles. The van der Waals surface area contributed by atoms with Crippen LogP contribution in [0.4, 0.5) is 4.39 Å². The van der Waals surface area contributed by atoms with E-state index in [4.69, 9.17) is 5.11 Å². The SMILES string of the molecule is O=C(NCc1cc(C#CCO)ccc1F)C1CCSC1. The predicted molar refractivity (Wildman–Crippen MR) is 77.6 cm³/mol. The monoisotopic (exact) mass is 293 g/mol. The Labute approximate surface area is 122 Å². The van der Waals surface area contributed by atoms with Gasteiger partial charge in [0.25, 0.3) is 0 Å². The maximum Gasteiger partial charge on any atom is 0.224 e. The average Bonchev–Trinajstić information content (AvgIpc) is 2.99. The fraction of sp³-hybridized carbons (Fsp3) is 0.400. The summed E-state index contributed by atoms with van der Waals surface area (Å²) in [7, 11) is 0. The Kier molecular flexibility index (Phi) is 5.45. The molecule has 1 aliphatic rings. The number of amides is 1. The zero-order chi connectivity index (χ0) is 14.4. The maximum atomic E-state index is 13.7. The number of nitrogens with one attached hydrogen (secondary N) is 1. The quantitative estimate of drug-likeness (QED) is 0.831. The zero-order valence-electron chi connectivity index (χ0n) is 11.0. The molecule has 1 heterocycles. The lowest BCUT2D eigenvalue weighted by Crippen LogP contribution is -2.30. The summed E-state index contributed by atoms with van der Waals surface area (Å²) in [6, 6.07) is 4.48. The number of carbonyl (C=O) groups is 1. The second-order valence-electron chi connectivity index (χ2n) is 4.54. The van der Waals surface area contributed by atoms with Gasteiger partial charge in [-0.25, -0.2) is 4.39 Å². The van der Waals surface area contributed by atoms with Crippen LogP contribution in [0.1, 0.15) is 17.5 Å². The molecular formula is C15H16FNO2S. The van der Waals surface area contributed by atoms with Crippen molar-refractivity contribution in [1.29, 1.82) is 0 Å². The molecule has 20 heavy (non-hydrogen) atoms. The van der Waals surface area contributed by atoms with Crippen molar-refractivity contribution in [2.75, 3.05) is 18.1 Å². The highest BCUT2D eigenvalue weighted by Gasteiger charge is 2.22. The molecule has 0 aliphatic carbocycles. The molecule has 3 nitrogen and oxygen atoms in total. The zero-order valence-corrected chi connectivity index (χ0v) is 11.8. The van der Waals surface area contributed by atoms with Gasteiger partial charge in [0, 0.05) is 29.3 Å². The van der Waals surface area contributed by atoms with E-state index in [2.05, 4.69) is 17.2 Å². The van der Waals surface area contributed by atoms with E-state index >= 15 is 0 Å². The third kappa shape index (κ3) is 3.99. The number of halogens is 1. The molecular weight excluding hydrogens is 277 g/mol. The van der Waals surface area contributed by atoms with Gasteiger partial charge in [0.05, 0.1) is 0 Å². The highest BCUT2D eigenvalue weighted by Crippen LogP contribution is 2.23. The second-order valence-corrected chi connectivity index (χ2v) is 5.69. The summed E-state index contributed by atoms with van der Waals surface area (Å²) >= 11 is 1.77. The van der Waals surface area contributed by atoms with Crippen molar-refractivity contribution in [3.05, 3.63) is 35.1 Å². The van der Waals surface area contributed by atoms with Crippen LogP contribution in [-0.4, -0.2) is 29.1 Å². The first-order valence-electron chi connectivity index (χ1n) is 6.44. The minimum atomic E-state index is -0.361. The predicted octanol–water partition coefficient (Wildman–Crippen LogP) is 1.54. The standard InChI is InChI=1S/C15H16FNO2S/c16-14-4-3-11(2-1-6-18)8-13(14)9-17-15(19)12-5-7-20-10-12/h3-4,8,12,18H,5-7,9-10H2,(H,17,19). The van der Waals surface area contributed by atoms with Gasteiger partial charge in [-0.2, -0.15) is 11.8 Å². The number of hydrogen-bond donors (Lipinski definition) is 2. The van der Waals surface area contributed by atoms with E-state index < -0.39 is 0 Å². The fourth-order valence-electron chi connectivity index (χ4n) is 2.00. The van der Waals surface area contributed by atoms with Crippen LogP contribution in [-0.2, 0) is 11.3 Å². The van der Waals surface area contributed by atoms with E-state index in [1.165, 1.54) is 6.07 Å². The van der Waals surface area contributed by atoms with Gasteiger partial charge >= 0.3 is 0 Å². The molecule has 1 atom stereocenters. The van der Waals surface area contributed by atoms with Crippen LogP contribution in [0.3, 0.4) is 0 Å². The third-order valence-corrected chi connectivity index (χ3v) is 4.27. The first-order chi connectivity index (χ1) is 9.70. The molecule has 1 aromatic carbocycles. The lowest BCUT2D eigenvalue weighted by Gasteiger charge is -2.10. The molecule has 0 bridgehead atoms. The van der Waals surface area contributed by atoms with Crippen molar-refractivity contribution in [2.45, 2.75) is 13.0 Å². The van der Waals surface area contributed by atoms with Crippen LogP contribution >= 0.6 is 11.8 Å². The summed E-state index contributed by atoms with van der Waals surface area (Å²) in [5.41, 5.74) is 1.04. The van der Waals surface area contributed by atoms with Crippen molar-refractivity contribution >= 4 is 17.7 Å². The van der Waals surface area contributed by atoms with E-state index in [9.17, 15) is 9.18 Å². The molecule has 1 unspecified atom stereocenters. The minimum absolute atomic E-state index is 0.0127. The first-order valence-corrected chi connectivity index (χ1v) is 7.60. The van der Waals surface area contributed by atoms with Crippen LogP contribution in [0.25, 0.3) is 0 Å². The van der Waals surface area contributed by atoms with Crippen LogP contribution in [0, 0.1) is 23.6 Å². The van der Waals surface area contributed by atoms with Crippen molar-refractivity contribution in [2.24, 2.45) is 5.92 Å². The number of thioether (sulfide) groups is 1. The average molecular weight is 293 g/mol. The molecule has 2 rings (SSSR count). The topological polar surface area (TPSA) is 49.3 Å². The molecule has 2 N–H and O–H groups in total. The van der Waals surface area contributed by atoms with Crippen LogP contribution < -0.4 is 5.32 Å². The molecule has 5 heteroatoms. The van der Waals surface area contributed by atoms with Gasteiger partial charge in [0.15, 0.2) is 0 Å². The molecule has 0 saturated carbocycles. The second kappa shape index (κ2) is 7.32. The molecule has 1 saturated heterocycles. The van der Waals surface area contributed by atoms with Gasteiger partial charge in [-0.15, -0.1) is 0 Å². The summed E-state index contributed by atoms with van der Waals surface area (Å²) in [6.07, 6.45) is 0.890. The Morgan fingerprint density at radius 2 is 2.40 bits per heavy atom. The van der Waals surface area contributed by atoms with Crippen molar-refractivity contribution in [3.63, 3.8) is 0 Å². The number of carbonyl (C=O) groups excluding carboxylic acids is 1. The van der Waals surface area contributed by atoms with Gasteiger partial charge in [0.2, 0.25) is 5.91 Å². The van der Waals surface area contributed by atoms with E-state index in [1.54, 1.807) is 23.9 Å². The lowest BCUT2D eigenvalue weighted by molar-refractivity contribution is -0.124. The molecule has 1 aliphatic heterocycles. The van der Waals surface area contributed by atoms with Gasteiger partial charge < -0.3 is 10.4 Å². The summed E-state index contributed by atoms with van der Waals surface area (Å²) in [4.78, 5) is 11.9. The van der Waals surface area contributed by atoms with E-state index in [0.29, 0.717) is 11.1 Å². The van der Waals surface area contributed by atoms with Crippen LogP contribution in [0.2, 0.25) is 0 Å². The third-order valence-electron chi connectivity index (χ3n) is 3.11. The Morgan fingerprint density at radius 1 is 1.55 bits per heavy atom. The van der Waals surface area contributed by atoms with E-state index in [0.717, 1.165) is 17.9 Å². The van der Waals surface area contributed by atoms with E-state index in [1.807, 2.05) is 0 Å². The van der Waals surface area contributed by atoms with Crippen LogP contribution in [0.5, 0.6) is 0 Å². The van der Waals surface area contributed by atoms with Gasteiger partial charge in [-0.05, 0) is 30.4 Å². The van der Waals surface area contributed by atoms with Crippen molar-refractivity contribution in [1.82, 2.24) is 5.32 Å². The molecule has 1 fully saturated rings. The summed E-state index contributed by atoms with van der Waals surface area (Å²) < 4.78 is 13.7. The van der Waals surface area contributed by atoms with Crippen molar-refractivity contribution < 1.29 is 14.3 Å². The highest BCUT2D eigenvalue weighted by atomic mass is 32.2. The molecule has 0 spiro atoms. The van der Waals surface area contributed by atoms with Gasteiger partial charge in [-0.1, -0.05) is 11.8 Å². The highest BCUT2D eigenvalue weighted by molar-refractivity contribution is 7.99. The number of hydrogen-bond acceptors (Lipinski definition) is 3. The Bertz CT molecular complexity index is 545. The number of benzene rings is 1. The number of aliphatic hydroxyl groups excluding tert-OH is 1. The number of aliphatic hydroxyl groups is 1. The Morgan fingerprint density at radius 3 is 3.10 bits per heavy atom. The summed E-state index contributed by atoms with van der Waals surface area (Å²) in [5.74, 6) is 6.76.